The van der Waals surface area contributed by atoms with Crippen molar-refractivity contribution >= 4 is 23.4 Å². The van der Waals surface area contributed by atoms with Crippen LogP contribution in [0.4, 0.5) is 11.6 Å². The summed E-state index contributed by atoms with van der Waals surface area (Å²) in [4.78, 5) is 13.6. The van der Waals surface area contributed by atoms with Crippen LogP contribution >= 0.6 is 11.8 Å². The number of hydrogen-bond acceptors (Lipinski definition) is 7. The van der Waals surface area contributed by atoms with Crippen LogP contribution in [0.2, 0.25) is 0 Å². The number of nitrogens with one attached hydrogen (secondary N) is 1. The zero-order chi connectivity index (χ0) is 15.9. The van der Waals surface area contributed by atoms with Crippen molar-refractivity contribution < 1.29 is 0 Å². The van der Waals surface area contributed by atoms with Gasteiger partial charge in [-0.3, -0.25) is 4.90 Å². The second-order valence-electron chi connectivity index (χ2n) is 5.94. The number of likely N-dealkylation sites (N-methyl/N-ethyl adjacent to an activating group) is 2. The maximum atomic E-state index is 5.90. The van der Waals surface area contributed by atoms with Crippen molar-refractivity contribution in [1.82, 2.24) is 19.8 Å². The molecule has 0 aromatic carbocycles. The van der Waals surface area contributed by atoms with Gasteiger partial charge in [-0.15, -0.1) is 0 Å². The first-order valence-electron chi connectivity index (χ1n) is 7.98. The Balaban J connectivity index is 1.91. The number of aromatic nitrogens is 2. The smallest absolute Gasteiger partial charge is 0.191 e. The number of nitrogen functional groups attached to an aromatic ring is 1. The third-order valence-electron chi connectivity index (χ3n) is 3.95. The van der Waals surface area contributed by atoms with Gasteiger partial charge in [0.25, 0.3) is 0 Å². The maximum absolute atomic E-state index is 5.90. The fourth-order valence-corrected chi connectivity index (χ4v) is 3.40. The van der Waals surface area contributed by atoms with E-state index in [9.17, 15) is 0 Å². The topological polar surface area (TPSA) is 70.3 Å². The molecule has 7 heteroatoms. The van der Waals surface area contributed by atoms with E-state index in [1.165, 1.54) is 12.8 Å². The highest BCUT2D eigenvalue weighted by molar-refractivity contribution is 7.99. The molecule has 0 spiro atoms. The molecule has 0 unspecified atom stereocenters. The number of nitrogens with zero attached hydrogens (tertiary/aromatic N) is 4. The van der Waals surface area contributed by atoms with Gasteiger partial charge in [0.2, 0.25) is 0 Å². The molecule has 6 nitrogen and oxygen atoms in total. The summed E-state index contributed by atoms with van der Waals surface area (Å²) in [5.41, 5.74) is 5.90. The van der Waals surface area contributed by atoms with Gasteiger partial charge in [-0.05, 0) is 20.5 Å². The van der Waals surface area contributed by atoms with Gasteiger partial charge in [0.1, 0.15) is 11.6 Å². The maximum Gasteiger partial charge on any atom is 0.191 e. The minimum atomic E-state index is 0.492. The monoisotopic (exact) mass is 324 g/mol. The highest BCUT2D eigenvalue weighted by Gasteiger charge is 2.21. The van der Waals surface area contributed by atoms with Gasteiger partial charge >= 0.3 is 0 Å². The summed E-state index contributed by atoms with van der Waals surface area (Å²) >= 11 is 1.67. The average molecular weight is 324 g/mol. The number of piperazine rings is 1. The summed E-state index contributed by atoms with van der Waals surface area (Å²) in [5, 5.41) is 4.19. The van der Waals surface area contributed by atoms with Crippen LogP contribution in [-0.2, 0) is 0 Å². The minimum absolute atomic E-state index is 0.492. The van der Waals surface area contributed by atoms with Gasteiger partial charge in [-0.25, -0.2) is 9.97 Å². The molecule has 2 rings (SSSR count). The summed E-state index contributed by atoms with van der Waals surface area (Å²) in [5.74, 6) is 2.40. The van der Waals surface area contributed by atoms with Crippen LogP contribution in [0, 0.1) is 0 Å². The Hall–Kier alpha value is -1.05. The molecular formula is C15H28N6S. The SMILES string of the molecule is CCCCSc1nc(N)cc(NC[C@@H]2CN(C)CCN2C)n1. The number of rotatable bonds is 7. The number of hydrogen-bond donors (Lipinski definition) is 2. The zero-order valence-electron chi connectivity index (χ0n) is 13.9. The van der Waals surface area contributed by atoms with Crippen molar-refractivity contribution in [3.05, 3.63) is 6.07 Å². The highest BCUT2D eigenvalue weighted by atomic mass is 32.2. The predicted octanol–water partition coefficient (Wildman–Crippen LogP) is 1.61. The van der Waals surface area contributed by atoms with E-state index in [1.807, 2.05) is 6.07 Å². The number of anilines is 2. The fraction of sp³-hybridized carbons (Fsp3) is 0.733. The third kappa shape index (κ3) is 5.30. The molecule has 0 bridgehead atoms. The Morgan fingerprint density at radius 3 is 2.95 bits per heavy atom. The van der Waals surface area contributed by atoms with Crippen LogP contribution in [-0.4, -0.2) is 71.8 Å². The van der Waals surface area contributed by atoms with E-state index in [4.69, 9.17) is 5.73 Å². The molecule has 0 saturated carbocycles. The first-order chi connectivity index (χ1) is 10.6. The lowest BCUT2D eigenvalue weighted by atomic mass is 10.2. The molecule has 124 valence electrons. The third-order valence-corrected chi connectivity index (χ3v) is 4.89. The molecule has 1 atom stereocenters. The van der Waals surface area contributed by atoms with E-state index in [2.05, 4.69) is 46.1 Å². The first kappa shape index (κ1) is 17.3. The minimum Gasteiger partial charge on any atom is -0.383 e. The van der Waals surface area contributed by atoms with Gasteiger partial charge in [-0.1, -0.05) is 25.1 Å². The summed E-state index contributed by atoms with van der Waals surface area (Å²) in [6, 6.07) is 2.31. The van der Waals surface area contributed by atoms with E-state index in [0.29, 0.717) is 11.9 Å². The Kier molecular flexibility index (Phi) is 6.72. The molecule has 1 aliphatic rings. The molecule has 1 aromatic heterocycles. The van der Waals surface area contributed by atoms with E-state index >= 15 is 0 Å². The van der Waals surface area contributed by atoms with Crippen LogP contribution < -0.4 is 11.1 Å². The first-order valence-corrected chi connectivity index (χ1v) is 8.97. The van der Waals surface area contributed by atoms with Crippen LogP contribution in [0.1, 0.15) is 19.8 Å². The molecular weight excluding hydrogens is 296 g/mol. The number of nitrogens with two attached hydrogens (primary N) is 1. The van der Waals surface area contributed by atoms with E-state index in [1.54, 1.807) is 11.8 Å². The molecule has 22 heavy (non-hydrogen) atoms. The molecule has 1 saturated heterocycles. The second-order valence-corrected chi connectivity index (χ2v) is 7.00. The van der Waals surface area contributed by atoms with Gasteiger partial charge in [0, 0.05) is 44.0 Å². The summed E-state index contributed by atoms with van der Waals surface area (Å²) < 4.78 is 0. The van der Waals surface area contributed by atoms with Crippen molar-refractivity contribution in [1.29, 1.82) is 0 Å². The van der Waals surface area contributed by atoms with E-state index < -0.39 is 0 Å². The molecule has 2 heterocycles. The second kappa shape index (κ2) is 8.55. The van der Waals surface area contributed by atoms with Crippen molar-refractivity contribution in [2.75, 3.05) is 57.1 Å². The average Bonchev–Trinajstić information content (AvgIpc) is 2.48. The molecule has 3 N–H and O–H groups in total. The van der Waals surface area contributed by atoms with Crippen molar-refractivity contribution in [2.45, 2.75) is 31.0 Å². The van der Waals surface area contributed by atoms with Crippen molar-refractivity contribution in [3.8, 4) is 0 Å². The van der Waals surface area contributed by atoms with Crippen LogP contribution in [0.3, 0.4) is 0 Å². The molecule has 1 aliphatic heterocycles. The largest absolute Gasteiger partial charge is 0.383 e. The number of thioether (sulfide) groups is 1. The van der Waals surface area contributed by atoms with Gasteiger partial charge in [-0.2, -0.15) is 0 Å². The summed E-state index contributed by atoms with van der Waals surface area (Å²) in [6.45, 7) is 6.36. The molecule has 1 aromatic rings. The van der Waals surface area contributed by atoms with Gasteiger partial charge < -0.3 is 16.0 Å². The Morgan fingerprint density at radius 2 is 2.18 bits per heavy atom. The predicted molar refractivity (Wildman–Crippen MR) is 94.5 cm³/mol. The van der Waals surface area contributed by atoms with E-state index in [-0.39, 0.29) is 0 Å². The van der Waals surface area contributed by atoms with Crippen LogP contribution in [0.15, 0.2) is 11.2 Å². The highest BCUT2D eigenvalue weighted by Crippen LogP contribution is 2.19. The molecule has 0 amide bonds. The zero-order valence-corrected chi connectivity index (χ0v) is 14.7. The molecule has 1 fully saturated rings. The lowest BCUT2D eigenvalue weighted by molar-refractivity contribution is 0.122. The van der Waals surface area contributed by atoms with Crippen LogP contribution in [0.5, 0.6) is 0 Å². The van der Waals surface area contributed by atoms with Crippen molar-refractivity contribution in [2.24, 2.45) is 0 Å². The Labute approximate surface area is 137 Å². The normalized spacial score (nSPS) is 20.2. The van der Waals surface area contributed by atoms with Crippen molar-refractivity contribution in [3.63, 3.8) is 0 Å². The number of unbranched alkanes of at least 4 members (excludes halogenated alkanes) is 1. The summed E-state index contributed by atoms with van der Waals surface area (Å²) in [7, 11) is 4.35. The fourth-order valence-electron chi connectivity index (χ4n) is 2.45. The lowest BCUT2D eigenvalue weighted by Crippen LogP contribution is -2.52. The van der Waals surface area contributed by atoms with E-state index in [0.717, 1.165) is 42.9 Å². The quantitative estimate of drug-likeness (QED) is 0.448. The molecule has 0 aliphatic carbocycles. The Morgan fingerprint density at radius 1 is 1.36 bits per heavy atom. The van der Waals surface area contributed by atoms with Gasteiger partial charge in [0.05, 0.1) is 0 Å². The standard InChI is InChI=1S/C15H28N6S/c1-4-5-8-22-15-18-13(16)9-14(19-15)17-10-12-11-20(2)6-7-21(12)3/h9,12H,4-8,10-11H2,1-3H3,(H3,16,17,18,19)/t12-/m1/s1. The lowest BCUT2D eigenvalue weighted by Gasteiger charge is -2.37. The summed E-state index contributed by atoms with van der Waals surface area (Å²) in [6.07, 6.45) is 2.35. The molecule has 0 radical (unpaired) electrons. The Bertz CT molecular complexity index is 469. The van der Waals surface area contributed by atoms with Crippen LogP contribution in [0.25, 0.3) is 0 Å². The van der Waals surface area contributed by atoms with Gasteiger partial charge in [0.15, 0.2) is 5.16 Å².